The highest BCUT2D eigenvalue weighted by atomic mass is 79.9. The maximum absolute atomic E-state index is 9.44. The first kappa shape index (κ1) is 10.0. The van der Waals surface area contributed by atoms with Crippen molar-refractivity contribution in [2.45, 2.75) is 13.0 Å². The van der Waals surface area contributed by atoms with Crippen LogP contribution in [0.3, 0.4) is 0 Å². The lowest BCUT2D eigenvalue weighted by molar-refractivity contribution is 0.205. The van der Waals surface area contributed by atoms with Crippen molar-refractivity contribution in [3.05, 3.63) is 34.3 Å². The summed E-state index contributed by atoms with van der Waals surface area (Å²) in [6, 6.07) is 5.58. The van der Waals surface area contributed by atoms with E-state index in [1.54, 1.807) is 6.07 Å². The summed E-state index contributed by atoms with van der Waals surface area (Å²) in [4.78, 5) is 0. The van der Waals surface area contributed by atoms with E-state index in [-0.39, 0.29) is 0 Å². The summed E-state index contributed by atoms with van der Waals surface area (Å²) in [7, 11) is 0. The second kappa shape index (κ2) is 4.26. The highest BCUT2D eigenvalue weighted by Gasteiger charge is 2.06. The molecule has 1 aromatic carbocycles. The highest BCUT2D eigenvalue weighted by Crippen LogP contribution is 2.22. The average Bonchev–Trinajstić information content (AvgIpc) is 2.08. The van der Waals surface area contributed by atoms with Gasteiger partial charge in [0.25, 0.3) is 0 Å². The first-order chi connectivity index (χ1) is 5.65. The Bertz CT molecular complexity index is 275. The Morgan fingerprint density at radius 1 is 1.58 bits per heavy atom. The predicted molar refractivity (Wildman–Crippen MR) is 54.9 cm³/mol. The van der Waals surface area contributed by atoms with E-state index in [4.69, 9.17) is 11.6 Å². The molecule has 0 saturated carbocycles. The summed E-state index contributed by atoms with van der Waals surface area (Å²) in [6.07, 6.45) is -0.469. The fourth-order valence-electron chi connectivity index (χ4n) is 0.905. The smallest absolute Gasteiger partial charge is 0.0887 e. The van der Waals surface area contributed by atoms with Crippen molar-refractivity contribution in [3.63, 3.8) is 0 Å². The van der Waals surface area contributed by atoms with E-state index in [0.717, 1.165) is 11.1 Å². The number of hydrogen-bond donors (Lipinski definition) is 1. The third-order valence-corrected chi connectivity index (χ3v) is 2.75. The van der Waals surface area contributed by atoms with E-state index < -0.39 is 6.10 Å². The molecule has 1 rings (SSSR count). The first-order valence-corrected chi connectivity index (χ1v) is 5.15. The summed E-state index contributed by atoms with van der Waals surface area (Å²) in [5.74, 6) is 0. The SMILES string of the molecule is Cc1ccc(C(O)CBr)cc1Cl. The molecular formula is C9H10BrClO. The van der Waals surface area contributed by atoms with Gasteiger partial charge in [0.05, 0.1) is 6.10 Å². The molecule has 0 radical (unpaired) electrons. The van der Waals surface area contributed by atoms with E-state index in [9.17, 15) is 5.11 Å². The van der Waals surface area contributed by atoms with E-state index in [1.807, 2.05) is 19.1 Å². The molecule has 0 spiro atoms. The molecule has 1 atom stereocenters. The zero-order valence-electron chi connectivity index (χ0n) is 6.72. The van der Waals surface area contributed by atoms with Crippen molar-refractivity contribution in [2.75, 3.05) is 5.33 Å². The number of alkyl halides is 1. The Hall–Kier alpha value is -0.0500. The van der Waals surface area contributed by atoms with Crippen LogP contribution < -0.4 is 0 Å². The zero-order valence-corrected chi connectivity index (χ0v) is 9.06. The molecule has 1 unspecified atom stereocenters. The molecule has 0 saturated heterocycles. The number of rotatable bonds is 2. The van der Waals surface area contributed by atoms with Crippen molar-refractivity contribution in [1.82, 2.24) is 0 Å². The number of aryl methyl sites for hydroxylation is 1. The number of halogens is 2. The summed E-state index contributed by atoms with van der Waals surface area (Å²) in [6.45, 7) is 1.94. The van der Waals surface area contributed by atoms with Crippen molar-refractivity contribution < 1.29 is 5.11 Å². The lowest BCUT2D eigenvalue weighted by Crippen LogP contribution is -1.97. The number of benzene rings is 1. The van der Waals surface area contributed by atoms with E-state index >= 15 is 0 Å². The summed E-state index contributed by atoms with van der Waals surface area (Å²) >= 11 is 9.09. The number of aliphatic hydroxyl groups is 1. The molecular weight excluding hydrogens is 239 g/mol. The third kappa shape index (κ3) is 2.22. The fraction of sp³-hybridized carbons (Fsp3) is 0.333. The summed E-state index contributed by atoms with van der Waals surface area (Å²) in [5, 5.41) is 10.7. The Kier molecular flexibility index (Phi) is 3.56. The van der Waals surface area contributed by atoms with Gasteiger partial charge in [0.15, 0.2) is 0 Å². The van der Waals surface area contributed by atoms with Crippen LogP contribution in [0.25, 0.3) is 0 Å². The van der Waals surface area contributed by atoms with Crippen LogP contribution >= 0.6 is 27.5 Å². The highest BCUT2D eigenvalue weighted by molar-refractivity contribution is 9.09. The minimum absolute atomic E-state index is 0.469. The molecule has 0 aliphatic carbocycles. The van der Waals surface area contributed by atoms with Gasteiger partial charge in [-0.1, -0.05) is 39.7 Å². The normalized spacial score (nSPS) is 13.0. The van der Waals surface area contributed by atoms with Crippen molar-refractivity contribution in [1.29, 1.82) is 0 Å². The minimum Gasteiger partial charge on any atom is -0.388 e. The Balaban J connectivity index is 2.96. The van der Waals surface area contributed by atoms with Gasteiger partial charge in [-0.15, -0.1) is 0 Å². The quantitative estimate of drug-likeness (QED) is 0.799. The molecule has 0 fully saturated rings. The van der Waals surface area contributed by atoms with Crippen LogP contribution in [-0.2, 0) is 0 Å². The molecule has 0 aliphatic heterocycles. The summed E-state index contributed by atoms with van der Waals surface area (Å²) in [5.41, 5.74) is 1.88. The molecule has 1 aromatic rings. The minimum atomic E-state index is -0.469. The average molecular weight is 250 g/mol. The lowest BCUT2D eigenvalue weighted by Gasteiger charge is -2.08. The van der Waals surface area contributed by atoms with Crippen LogP contribution in [0.15, 0.2) is 18.2 Å². The molecule has 0 aliphatic rings. The molecule has 66 valence electrons. The van der Waals surface area contributed by atoms with Crippen LogP contribution in [0, 0.1) is 6.92 Å². The molecule has 0 aromatic heterocycles. The topological polar surface area (TPSA) is 20.2 Å². The Morgan fingerprint density at radius 2 is 2.25 bits per heavy atom. The van der Waals surface area contributed by atoms with Gasteiger partial charge < -0.3 is 5.11 Å². The Labute approximate surface area is 85.5 Å². The van der Waals surface area contributed by atoms with E-state index in [2.05, 4.69) is 15.9 Å². The number of hydrogen-bond acceptors (Lipinski definition) is 1. The van der Waals surface area contributed by atoms with Gasteiger partial charge in [0.2, 0.25) is 0 Å². The summed E-state index contributed by atoms with van der Waals surface area (Å²) < 4.78 is 0. The maximum Gasteiger partial charge on any atom is 0.0887 e. The maximum atomic E-state index is 9.44. The zero-order chi connectivity index (χ0) is 9.14. The monoisotopic (exact) mass is 248 g/mol. The standard InChI is InChI=1S/C9H10BrClO/c1-6-2-3-7(4-8(6)11)9(12)5-10/h2-4,9,12H,5H2,1H3. The largest absolute Gasteiger partial charge is 0.388 e. The van der Waals surface area contributed by atoms with Gasteiger partial charge in [0, 0.05) is 10.4 Å². The van der Waals surface area contributed by atoms with Crippen molar-refractivity contribution in [3.8, 4) is 0 Å². The molecule has 3 heteroatoms. The lowest BCUT2D eigenvalue weighted by atomic mass is 10.1. The van der Waals surface area contributed by atoms with Crippen molar-refractivity contribution in [2.24, 2.45) is 0 Å². The fourth-order valence-corrected chi connectivity index (χ4v) is 1.47. The van der Waals surface area contributed by atoms with Gasteiger partial charge >= 0.3 is 0 Å². The van der Waals surface area contributed by atoms with Gasteiger partial charge in [-0.2, -0.15) is 0 Å². The van der Waals surface area contributed by atoms with Crippen LogP contribution in [-0.4, -0.2) is 10.4 Å². The van der Waals surface area contributed by atoms with Gasteiger partial charge in [-0.3, -0.25) is 0 Å². The van der Waals surface area contributed by atoms with Gasteiger partial charge in [0.1, 0.15) is 0 Å². The van der Waals surface area contributed by atoms with E-state index in [0.29, 0.717) is 10.4 Å². The third-order valence-electron chi connectivity index (χ3n) is 1.73. The molecule has 1 nitrogen and oxygen atoms in total. The second-order valence-corrected chi connectivity index (χ2v) is 3.73. The van der Waals surface area contributed by atoms with Crippen LogP contribution in [0.5, 0.6) is 0 Å². The second-order valence-electron chi connectivity index (χ2n) is 2.68. The first-order valence-electron chi connectivity index (χ1n) is 3.65. The molecule has 0 amide bonds. The van der Waals surface area contributed by atoms with Crippen LogP contribution in [0.4, 0.5) is 0 Å². The van der Waals surface area contributed by atoms with E-state index in [1.165, 1.54) is 0 Å². The van der Waals surface area contributed by atoms with Gasteiger partial charge in [-0.05, 0) is 24.1 Å². The molecule has 0 bridgehead atoms. The van der Waals surface area contributed by atoms with Gasteiger partial charge in [-0.25, -0.2) is 0 Å². The molecule has 1 N–H and O–H groups in total. The van der Waals surface area contributed by atoms with Crippen LogP contribution in [0.2, 0.25) is 5.02 Å². The van der Waals surface area contributed by atoms with Crippen LogP contribution in [0.1, 0.15) is 17.2 Å². The Morgan fingerprint density at radius 3 is 2.75 bits per heavy atom. The number of aliphatic hydroxyl groups excluding tert-OH is 1. The molecule has 0 heterocycles. The molecule has 12 heavy (non-hydrogen) atoms. The van der Waals surface area contributed by atoms with Crippen molar-refractivity contribution >= 4 is 27.5 Å². The predicted octanol–water partition coefficient (Wildman–Crippen LogP) is 3.08.